The second-order valence-electron chi connectivity index (χ2n) is 3.77. The molecule has 2 unspecified atom stereocenters. The van der Waals surface area contributed by atoms with E-state index < -0.39 is 17.2 Å². The summed E-state index contributed by atoms with van der Waals surface area (Å²) in [5.41, 5.74) is 2.50. The number of thiazole rings is 1. The van der Waals surface area contributed by atoms with Gasteiger partial charge in [-0.1, -0.05) is 13.3 Å². The van der Waals surface area contributed by atoms with Gasteiger partial charge >= 0.3 is 6.18 Å². The summed E-state index contributed by atoms with van der Waals surface area (Å²) in [4.78, 5) is 3.80. The number of hydrogen-bond donors (Lipinski definition) is 2. The third-order valence-corrected chi connectivity index (χ3v) is 3.63. The Hall–Kier alpha value is -0.700. The molecule has 0 aliphatic heterocycles. The molecule has 1 aromatic heterocycles. The van der Waals surface area contributed by atoms with Crippen LogP contribution in [0, 0.1) is 0 Å². The molecule has 0 amide bonds. The number of rotatable bonds is 6. The topological polar surface area (TPSA) is 60.2 Å². The SMILES string of the molecule is CCCC(OC)C(NN)c1cnc(C(F)(F)F)s1. The highest BCUT2D eigenvalue weighted by molar-refractivity contribution is 7.11. The van der Waals surface area contributed by atoms with E-state index in [-0.39, 0.29) is 6.10 Å². The average Bonchev–Trinajstić information content (AvgIpc) is 2.78. The molecule has 1 aromatic rings. The van der Waals surface area contributed by atoms with Crippen LogP contribution in [0.2, 0.25) is 0 Å². The number of aromatic nitrogens is 1. The maximum absolute atomic E-state index is 12.5. The van der Waals surface area contributed by atoms with Crippen molar-refractivity contribution in [2.24, 2.45) is 5.84 Å². The van der Waals surface area contributed by atoms with Gasteiger partial charge in [0.2, 0.25) is 0 Å². The molecule has 4 nitrogen and oxygen atoms in total. The monoisotopic (exact) mass is 283 g/mol. The van der Waals surface area contributed by atoms with E-state index in [0.29, 0.717) is 22.6 Å². The van der Waals surface area contributed by atoms with Crippen molar-refractivity contribution in [2.45, 2.75) is 38.1 Å². The van der Waals surface area contributed by atoms with Gasteiger partial charge in [0.05, 0.1) is 12.1 Å². The molecule has 0 aliphatic rings. The van der Waals surface area contributed by atoms with Crippen LogP contribution in [0.1, 0.15) is 35.7 Å². The maximum atomic E-state index is 12.5. The van der Waals surface area contributed by atoms with Crippen molar-refractivity contribution in [1.29, 1.82) is 0 Å². The number of nitrogens with one attached hydrogen (secondary N) is 1. The van der Waals surface area contributed by atoms with Gasteiger partial charge in [0.1, 0.15) is 0 Å². The first-order valence-electron chi connectivity index (χ1n) is 5.45. The fraction of sp³-hybridized carbons (Fsp3) is 0.700. The third kappa shape index (κ3) is 3.64. The highest BCUT2D eigenvalue weighted by atomic mass is 32.1. The molecule has 0 fully saturated rings. The van der Waals surface area contributed by atoms with Crippen molar-refractivity contribution >= 4 is 11.3 Å². The first-order chi connectivity index (χ1) is 8.43. The van der Waals surface area contributed by atoms with Crippen molar-refractivity contribution in [3.05, 3.63) is 16.1 Å². The summed E-state index contributed by atoms with van der Waals surface area (Å²) in [5, 5.41) is -0.871. The lowest BCUT2D eigenvalue weighted by molar-refractivity contribution is -0.137. The lowest BCUT2D eigenvalue weighted by Gasteiger charge is -2.23. The molecule has 1 heterocycles. The summed E-state index contributed by atoms with van der Waals surface area (Å²) >= 11 is 0.583. The smallest absolute Gasteiger partial charge is 0.379 e. The Morgan fingerprint density at radius 2 is 2.22 bits per heavy atom. The molecule has 0 spiro atoms. The van der Waals surface area contributed by atoms with Crippen molar-refractivity contribution in [3.63, 3.8) is 0 Å². The molecule has 0 aliphatic carbocycles. The Balaban J connectivity index is 2.91. The summed E-state index contributed by atoms with van der Waals surface area (Å²) in [6.45, 7) is 1.97. The molecule has 18 heavy (non-hydrogen) atoms. The molecule has 0 saturated carbocycles. The Labute approximate surface area is 107 Å². The summed E-state index contributed by atoms with van der Waals surface area (Å²) in [5.74, 6) is 5.40. The van der Waals surface area contributed by atoms with Crippen LogP contribution in [-0.4, -0.2) is 18.2 Å². The van der Waals surface area contributed by atoms with E-state index in [4.69, 9.17) is 10.6 Å². The number of halogens is 3. The first kappa shape index (κ1) is 15.4. The molecule has 0 bridgehead atoms. The maximum Gasteiger partial charge on any atom is 0.443 e. The van der Waals surface area contributed by atoms with E-state index in [0.717, 1.165) is 6.42 Å². The molecule has 3 N–H and O–H groups in total. The molecule has 104 valence electrons. The van der Waals surface area contributed by atoms with Gasteiger partial charge in [-0.05, 0) is 6.42 Å². The van der Waals surface area contributed by atoms with Gasteiger partial charge in [-0.2, -0.15) is 13.2 Å². The van der Waals surface area contributed by atoms with Gasteiger partial charge in [0, 0.05) is 18.2 Å². The minimum Gasteiger partial charge on any atom is -0.379 e. The van der Waals surface area contributed by atoms with Gasteiger partial charge < -0.3 is 4.74 Å². The number of nitrogens with two attached hydrogens (primary N) is 1. The predicted molar refractivity (Wildman–Crippen MR) is 62.9 cm³/mol. The lowest BCUT2D eigenvalue weighted by Crippen LogP contribution is -2.37. The molecule has 8 heteroatoms. The van der Waals surface area contributed by atoms with Crippen LogP contribution in [0.3, 0.4) is 0 Å². The van der Waals surface area contributed by atoms with Crippen molar-refractivity contribution in [2.75, 3.05) is 7.11 Å². The second-order valence-corrected chi connectivity index (χ2v) is 4.83. The standard InChI is InChI=1S/C10H16F3N3OS/c1-3-4-6(17-2)8(16-14)7-5-15-9(18-7)10(11,12)13/h5-6,8,16H,3-4,14H2,1-2H3. The minimum atomic E-state index is -4.42. The number of ether oxygens (including phenoxy) is 1. The fourth-order valence-corrected chi connectivity index (χ4v) is 2.54. The molecular formula is C10H16F3N3OS. The van der Waals surface area contributed by atoms with E-state index >= 15 is 0 Å². The van der Waals surface area contributed by atoms with Gasteiger partial charge in [0.25, 0.3) is 0 Å². The Kier molecular flexibility index (Phi) is 5.51. The number of hydrogen-bond acceptors (Lipinski definition) is 5. The highest BCUT2D eigenvalue weighted by Crippen LogP contribution is 2.35. The number of alkyl halides is 3. The van der Waals surface area contributed by atoms with Crippen LogP contribution in [0.25, 0.3) is 0 Å². The largest absolute Gasteiger partial charge is 0.443 e. The Bertz CT molecular complexity index is 369. The minimum absolute atomic E-state index is 0.276. The van der Waals surface area contributed by atoms with Gasteiger partial charge in [-0.15, -0.1) is 11.3 Å². The van der Waals surface area contributed by atoms with Crippen LogP contribution >= 0.6 is 11.3 Å². The molecule has 2 atom stereocenters. The zero-order valence-corrected chi connectivity index (χ0v) is 10.9. The number of hydrazine groups is 1. The summed E-state index contributed by atoms with van der Waals surface area (Å²) < 4.78 is 42.6. The quantitative estimate of drug-likeness (QED) is 0.622. The summed E-state index contributed by atoms with van der Waals surface area (Å²) in [7, 11) is 1.51. The molecule has 0 saturated heterocycles. The Morgan fingerprint density at radius 1 is 1.56 bits per heavy atom. The predicted octanol–water partition coefficient (Wildman–Crippen LogP) is 2.48. The van der Waals surface area contributed by atoms with E-state index in [2.05, 4.69) is 10.4 Å². The van der Waals surface area contributed by atoms with Gasteiger partial charge in [-0.3, -0.25) is 5.84 Å². The number of nitrogens with zero attached hydrogens (tertiary/aromatic N) is 1. The fourth-order valence-electron chi connectivity index (χ4n) is 1.64. The van der Waals surface area contributed by atoms with Gasteiger partial charge in [-0.25, -0.2) is 10.4 Å². The lowest BCUT2D eigenvalue weighted by atomic mass is 10.1. The molecule has 0 aromatic carbocycles. The van der Waals surface area contributed by atoms with E-state index in [1.54, 1.807) is 0 Å². The zero-order chi connectivity index (χ0) is 13.8. The van der Waals surface area contributed by atoms with E-state index in [9.17, 15) is 13.2 Å². The normalized spacial score (nSPS) is 15.7. The van der Waals surface area contributed by atoms with Crippen LogP contribution < -0.4 is 11.3 Å². The molecular weight excluding hydrogens is 267 g/mol. The van der Waals surface area contributed by atoms with Crippen LogP contribution in [0.15, 0.2) is 6.20 Å². The number of methoxy groups -OCH3 is 1. The summed E-state index contributed by atoms with van der Waals surface area (Å²) in [6, 6.07) is -0.483. The zero-order valence-electron chi connectivity index (χ0n) is 10.1. The van der Waals surface area contributed by atoms with E-state index in [1.807, 2.05) is 6.92 Å². The first-order valence-corrected chi connectivity index (χ1v) is 6.27. The van der Waals surface area contributed by atoms with Crippen LogP contribution in [0.4, 0.5) is 13.2 Å². The highest BCUT2D eigenvalue weighted by Gasteiger charge is 2.36. The summed E-state index contributed by atoms with van der Waals surface area (Å²) in [6.07, 6.45) is -1.96. The van der Waals surface area contributed by atoms with Crippen LogP contribution in [0.5, 0.6) is 0 Å². The molecule has 1 rings (SSSR count). The van der Waals surface area contributed by atoms with E-state index in [1.165, 1.54) is 13.3 Å². The Morgan fingerprint density at radius 3 is 2.61 bits per heavy atom. The third-order valence-electron chi connectivity index (χ3n) is 2.50. The van der Waals surface area contributed by atoms with Crippen molar-refractivity contribution in [1.82, 2.24) is 10.4 Å². The average molecular weight is 283 g/mol. The van der Waals surface area contributed by atoms with Crippen molar-refractivity contribution < 1.29 is 17.9 Å². The van der Waals surface area contributed by atoms with Gasteiger partial charge in [0.15, 0.2) is 5.01 Å². The van der Waals surface area contributed by atoms with Crippen molar-refractivity contribution in [3.8, 4) is 0 Å². The van der Waals surface area contributed by atoms with Crippen LogP contribution in [-0.2, 0) is 10.9 Å². The second kappa shape index (κ2) is 6.46. The molecule has 0 radical (unpaired) electrons.